The first-order valence-electron chi connectivity index (χ1n) is 31.9. The van der Waals surface area contributed by atoms with Crippen LogP contribution in [0.25, 0.3) is 12.2 Å². The minimum absolute atomic E-state index is 0.194. The fourth-order valence-corrected chi connectivity index (χ4v) is 9.18. The quantitative estimate of drug-likeness (QED) is 0.0578. The molecule has 0 radical (unpaired) electrons. The molecule has 0 aromatic heterocycles. The van der Waals surface area contributed by atoms with Crippen molar-refractivity contribution < 1.29 is 17.5 Å². The third-order valence-electron chi connectivity index (χ3n) is 13.4. The molecule has 0 amide bonds. The van der Waals surface area contributed by atoms with Crippen LogP contribution in [0.15, 0.2) is 315 Å². The molecule has 11 rings (SSSR count). The van der Waals surface area contributed by atoms with Gasteiger partial charge in [-0.3, -0.25) is 0 Å². The lowest BCUT2D eigenvalue weighted by atomic mass is 9.87. The summed E-state index contributed by atoms with van der Waals surface area (Å²) < 4.78 is 41.9. The molecule has 0 spiro atoms. The number of hydrogen-bond acceptors (Lipinski definition) is 11. The monoisotopic (exact) mass is 1540 g/mol. The molecule has 4 nitrogen and oxygen atoms in total. The van der Waals surface area contributed by atoms with Crippen LogP contribution in [0.5, 0.6) is 5.75 Å². The van der Waals surface area contributed by atoms with E-state index in [-0.39, 0.29) is 11.2 Å². The number of aryl methyl sites for hydroxylation is 6. The standard InChI is InChI=1S/C11H16S.C9H11NO2S.2C9H10.C8H10S.C7H7FS.C7H8OS.2C7H8S.C6H5ClS.C6H6S/c1-11(2,3)10-6-4-9(8-12)5-7-10;1-8-3-5-9(6-4-8)7-10-13(2,11)12;2*1-3-9-6-4-8(2)5-7-9;1-6-3-4-8(9)5-7(6)2;8-7-3-1-6(5-9)2-4-7;1-8-6-2-4-7(9)5-3-6;1-6-2-4-7(8)5-3-6;8-6-7-4-2-1-3-5-7;7-5-1-3-6(8)4-2-5;7-6-4-2-1-3-5-6/h4-7,12H,8H2,1-3H3;3-7H,1-2H3;2*3-7H,1H2,2H3;3-5,9H,1-2H3;1-4,9H,5H2;2-5,9H,1H3;2-5,8H,1H3;1-5,8H,6H2;1-4,8H;1-5,7H. The third-order valence-corrected chi connectivity index (χ3v) is 16.7. The summed E-state index contributed by atoms with van der Waals surface area (Å²) in [4.78, 5) is 4.97. The predicted octanol–water partition coefficient (Wildman–Crippen LogP) is 25.9. The second-order valence-electron chi connectivity index (χ2n) is 23.3. The third kappa shape index (κ3) is 48.8. The Bertz CT molecular complexity index is 3920. The highest BCUT2D eigenvalue weighted by molar-refractivity contribution is 7.89. The average molecular weight is 1540 g/mol. The summed E-state index contributed by atoms with van der Waals surface area (Å²) in [5.41, 5.74) is 16.0. The molecule has 0 unspecified atom stereocenters. The highest BCUT2D eigenvalue weighted by Crippen LogP contribution is 2.23. The molecule has 0 bridgehead atoms. The smallest absolute Gasteiger partial charge is 0.250 e. The molecule has 101 heavy (non-hydrogen) atoms. The van der Waals surface area contributed by atoms with E-state index in [2.05, 4.69) is 271 Å². The number of ether oxygens (including phenoxy) is 1. The van der Waals surface area contributed by atoms with Gasteiger partial charge in [0.1, 0.15) is 11.6 Å². The van der Waals surface area contributed by atoms with Crippen molar-refractivity contribution in [2.24, 2.45) is 4.40 Å². The number of benzene rings is 11. The maximum absolute atomic E-state index is 12.2. The summed E-state index contributed by atoms with van der Waals surface area (Å²) in [5.74, 6) is 3.00. The summed E-state index contributed by atoms with van der Waals surface area (Å²) >= 11 is 38.5. The molecule has 0 fully saturated rings. The van der Waals surface area contributed by atoms with Crippen molar-refractivity contribution in [3.8, 4) is 5.75 Å². The normalized spacial score (nSPS) is 9.87. The molecule has 15 heteroatoms. The molecule has 0 N–H and O–H groups in total. The highest BCUT2D eigenvalue weighted by Gasteiger charge is 2.12. The number of sulfonamides is 1. The van der Waals surface area contributed by atoms with Crippen molar-refractivity contribution in [3.63, 3.8) is 0 Å². The van der Waals surface area contributed by atoms with E-state index in [0.717, 1.165) is 69.7 Å². The Morgan fingerprint density at radius 1 is 0.426 bits per heavy atom. The van der Waals surface area contributed by atoms with Crippen molar-refractivity contribution in [2.45, 2.75) is 109 Å². The largest absolute Gasteiger partial charge is 0.497 e. The van der Waals surface area contributed by atoms with Crippen LogP contribution in [0.3, 0.4) is 0 Å². The molecule has 0 atom stereocenters. The molecule has 0 saturated carbocycles. The zero-order chi connectivity index (χ0) is 75.6. The topological polar surface area (TPSA) is 55.7 Å². The average Bonchev–Trinajstić information content (AvgIpc) is 0.876. The van der Waals surface area contributed by atoms with Gasteiger partial charge in [0.25, 0.3) is 0 Å². The van der Waals surface area contributed by atoms with E-state index >= 15 is 0 Å². The SMILES string of the molecule is C=Cc1ccc(C)cc1.C=Cc1ccc(C)cc1.CC(C)(C)c1ccc(CS)cc1.COc1ccc(S)cc1.Cc1ccc(C=NS(C)(=O)=O)cc1.Cc1ccc(S)cc1.Cc1ccc(S)cc1C.Fc1ccc(CS)cc1.SCc1ccccc1.Sc1ccc(Cl)cc1.Sc1ccccc1. The molecule has 0 aliphatic heterocycles. The van der Waals surface area contributed by atoms with E-state index in [9.17, 15) is 12.8 Å². The molecule has 534 valence electrons. The van der Waals surface area contributed by atoms with E-state index in [1.54, 1.807) is 19.2 Å². The van der Waals surface area contributed by atoms with Crippen LogP contribution >= 0.6 is 113 Å². The van der Waals surface area contributed by atoms with Crippen LogP contribution in [-0.2, 0) is 32.7 Å². The molecule has 0 saturated heterocycles. The van der Waals surface area contributed by atoms with Crippen molar-refractivity contribution in [1.82, 2.24) is 0 Å². The Morgan fingerprint density at radius 2 is 0.752 bits per heavy atom. The van der Waals surface area contributed by atoms with E-state index in [0.29, 0.717) is 5.75 Å². The Balaban J connectivity index is 0.000000558. The molecule has 11 aromatic carbocycles. The second kappa shape index (κ2) is 54.1. The van der Waals surface area contributed by atoms with Crippen LogP contribution in [0.2, 0.25) is 5.02 Å². The van der Waals surface area contributed by atoms with Crippen molar-refractivity contribution in [2.75, 3.05) is 13.4 Å². The first-order valence-corrected chi connectivity index (χ1v) is 38.2. The Hall–Kier alpha value is -6.66. The van der Waals surface area contributed by atoms with Crippen LogP contribution in [0.1, 0.15) is 93.1 Å². The lowest BCUT2D eigenvalue weighted by Crippen LogP contribution is -2.10. The van der Waals surface area contributed by atoms with Crippen LogP contribution < -0.4 is 4.74 Å². The maximum Gasteiger partial charge on any atom is 0.250 e. The zero-order valence-corrected chi connectivity index (χ0v) is 68.4. The van der Waals surface area contributed by atoms with Gasteiger partial charge in [-0.25, -0.2) is 12.8 Å². The molecular formula is C86H99ClFNO3S9. The van der Waals surface area contributed by atoms with Gasteiger partial charge in [0.15, 0.2) is 0 Å². The van der Waals surface area contributed by atoms with Gasteiger partial charge in [-0.2, -0.15) is 42.3 Å². The highest BCUT2D eigenvalue weighted by atomic mass is 35.5. The molecule has 0 aliphatic carbocycles. The van der Waals surface area contributed by atoms with Gasteiger partial charge in [-0.15, -0.1) is 63.1 Å². The van der Waals surface area contributed by atoms with Gasteiger partial charge in [0.05, 0.1) is 13.4 Å². The molecule has 0 aliphatic rings. The molecule has 11 aromatic rings. The van der Waals surface area contributed by atoms with Gasteiger partial charge in [0, 0.05) is 53.0 Å². The minimum atomic E-state index is -3.26. The number of halogens is 2. The van der Waals surface area contributed by atoms with Crippen LogP contribution in [0, 0.1) is 47.4 Å². The second-order valence-corrected chi connectivity index (χ2v) is 28.9. The number of rotatable bonds is 8. The van der Waals surface area contributed by atoms with E-state index in [1.807, 2.05) is 171 Å². The van der Waals surface area contributed by atoms with Gasteiger partial charge >= 0.3 is 0 Å². The first kappa shape index (κ1) is 92.4. The Morgan fingerprint density at radius 3 is 1.05 bits per heavy atom. The minimum Gasteiger partial charge on any atom is -0.497 e. The maximum atomic E-state index is 12.2. The number of methoxy groups -OCH3 is 1. The van der Waals surface area contributed by atoms with Gasteiger partial charge < -0.3 is 4.74 Å². The van der Waals surface area contributed by atoms with Crippen molar-refractivity contribution in [3.05, 3.63) is 369 Å². The number of nitrogens with zero attached hydrogens (tertiary/aromatic N) is 1. The summed E-state index contributed by atoms with van der Waals surface area (Å²) in [6, 6.07) is 88.0. The summed E-state index contributed by atoms with van der Waals surface area (Å²) in [6.07, 6.45) is 6.10. The van der Waals surface area contributed by atoms with E-state index < -0.39 is 10.0 Å². The van der Waals surface area contributed by atoms with Crippen LogP contribution in [-0.4, -0.2) is 28.0 Å². The van der Waals surface area contributed by atoms with Crippen LogP contribution in [0.4, 0.5) is 4.39 Å². The number of thiol groups is 8. The van der Waals surface area contributed by atoms with Crippen molar-refractivity contribution in [1.29, 1.82) is 0 Å². The fourth-order valence-electron chi connectivity index (χ4n) is 7.22. The lowest BCUT2D eigenvalue weighted by Gasteiger charge is -2.18. The predicted molar refractivity (Wildman–Crippen MR) is 466 cm³/mol. The number of hydrogen-bond donors (Lipinski definition) is 8. The van der Waals surface area contributed by atoms with Gasteiger partial charge in [0.2, 0.25) is 10.0 Å². The fraction of sp³-hybridized carbons (Fsp3) is 0.174. The van der Waals surface area contributed by atoms with Gasteiger partial charge in [-0.05, 0) is 194 Å². The van der Waals surface area contributed by atoms with E-state index in [4.69, 9.17) is 16.3 Å². The summed E-state index contributed by atoms with van der Waals surface area (Å²) in [6.45, 7) is 26.4. The summed E-state index contributed by atoms with van der Waals surface area (Å²) in [5, 5.41) is 0.753. The Labute approximate surface area is 654 Å². The van der Waals surface area contributed by atoms with Crippen molar-refractivity contribution >= 4 is 141 Å². The lowest BCUT2D eigenvalue weighted by molar-refractivity contribution is 0.414. The Kier molecular flexibility index (Phi) is 49.4. The first-order chi connectivity index (χ1) is 47.9. The van der Waals surface area contributed by atoms with E-state index in [1.165, 1.54) is 74.0 Å². The summed E-state index contributed by atoms with van der Waals surface area (Å²) in [7, 11) is -1.62. The zero-order valence-electron chi connectivity index (χ0n) is 59.7. The molecule has 0 heterocycles. The molecular weight excluding hydrogens is 1440 g/mol. The van der Waals surface area contributed by atoms with Gasteiger partial charge in [-0.1, -0.05) is 256 Å².